The quantitative estimate of drug-likeness (QED) is 0.112. The van der Waals surface area contributed by atoms with Crippen LogP contribution in [-0.2, 0) is 16.1 Å². The minimum absolute atomic E-state index is 0.0160. The van der Waals surface area contributed by atoms with E-state index in [0.29, 0.717) is 13.0 Å². The van der Waals surface area contributed by atoms with Crippen molar-refractivity contribution in [1.82, 2.24) is 10.6 Å². The predicted octanol–water partition coefficient (Wildman–Crippen LogP) is 7.27. The Morgan fingerprint density at radius 3 is 1.73 bits per heavy atom. The predicted molar refractivity (Wildman–Crippen MR) is 155 cm³/mol. The first kappa shape index (κ1) is 33.1. The number of pyridine rings is 1. The summed E-state index contributed by atoms with van der Waals surface area (Å²) in [4.78, 5) is 25.1. The molecule has 0 aliphatic heterocycles. The highest BCUT2D eigenvalue weighted by molar-refractivity contribution is 5.87. The Morgan fingerprint density at radius 1 is 0.676 bits per heavy atom. The van der Waals surface area contributed by atoms with Gasteiger partial charge in [-0.25, -0.2) is 4.57 Å². The van der Waals surface area contributed by atoms with Gasteiger partial charge in [-0.05, 0) is 25.2 Å². The Kier molecular flexibility index (Phi) is 20.8. The number of nitrogens with zero attached hydrogens (tertiary/aromatic N) is 1. The summed E-state index contributed by atoms with van der Waals surface area (Å²) in [6.45, 7) is 7.94. The van der Waals surface area contributed by atoms with E-state index in [1.54, 1.807) is 0 Å². The third-order valence-corrected chi connectivity index (χ3v) is 7.19. The van der Waals surface area contributed by atoms with Crippen LogP contribution in [0.2, 0.25) is 0 Å². The van der Waals surface area contributed by atoms with E-state index in [1.165, 1.54) is 77.0 Å². The van der Waals surface area contributed by atoms with E-state index in [4.69, 9.17) is 0 Å². The minimum atomic E-state index is -0.445. The van der Waals surface area contributed by atoms with E-state index >= 15 is 0 Å². The molecular formula is C32H58N3O2+. The molecular weight excluding hydrogens is 458 g/mol. The maximum absolute atomic E-state index is 12.7. The summed E-state index contributed by atoms with van der Waals surface area (Å²) >= 11 is 0. The maximum atomic E-state index is 12.7. The highest BCUT2D eigenvalue weighted by Crippen LogP contribution is 2.13. The molecule has 212 valence electrons. The number of unbranched alkanes of at least 4 members (excludes halogenated alkanes) is 15. The van der Waals surface area contributed by atoms with E-state index in [1.807, 2.05) is 32.0 Å². The van der Waals surface area contributed by atoms with Crippen LogP contribution in [0.4, 0.5) is 0 Å². The molecule has 2 N–H and O–H groups in total. The molecule has 0 saturated heterocycles. The fourth-order valence-electron chi connectivity index (χ4n) is 4.76. The van der Waals surface area contributed by atoms with Crippen molar-refractivity contribution in [2.45, 2.75) is 149 Å². The van der Waals surface area contributed by atoms with Gasteiger partial charge in [0.2, 0.25) is 11.8 Å². The lowest BCUT2D eigenvalue weighted by Gasteiger charge is -2.21. The molecule has 0 spiro atoms. The molecule has 0 aliphatic carbocycles. The summed E-state index contributed by atoms with van der Waals surface area (Å²) in [7, 11) is 0. The van der Waals surface area contributed by atoms with Crippen LogP contribution in [-0.4, -0.2) is 24.4 Å². The number of rotatable bonds is 24. The fraction of sp³-hybridized carbons (Fsp3) is 0.781. The zero-order valence-corrected chi connectivity index (χ0v) is 24.4. The number of aryl methyl sites for hydroxylation is 1. The number of nitrogens with one attached hydrogen (secondary N) is 2. The van der Waals surface area contributed by atoms with Gasteiger partial charge in [0.25, 0.3) is 0 Å². The van der Waals surface area contributed by atoms with Gasteiger partial charge in [0.05, 0.1) is 0 Å². The molecule has 1 aromatic heterocycles. The summed E-state index contributed by atoms with van der Waals surface area (Å²) in [5.74, 6) is 0.0194. The number of carbonyl (C=O) groups excluding carboxylic acids is 2. The van der Waals surface area contributed by atoms with Crippen molar-refractivity contribution in [3.05, 3.63) is 30.6 Å². The highest BCUT2D eigenvalue weighted by atomic mass is 16.2. The molecule has 5 nitrogen and oxygen atoms in total. The van der Waals surface area contributed by atoms with Crippen molar-refractivity contribution < 1.29 is 14.2 Å². The normalized spacial score (nSPS) is 12.0. The number of aromatic nitrogens is 1. The fourth-order valence-corrected chi connectivity index (χ4v) is 4.76. The first-order valence-electron chi connectivity index (χ1n) is 15.6. The van der Waals surface area contributed by atoms with Crippen molar-refractivity contribution in [3.63, 3.8) is 0 Å². The van der Waals surface area contributed by atoms with Gasteiger partial charge >= 0.3 is 0 Å². The zero-order chi connectivity index (χ0) is 27.0. The smallest absolute Gasteiger partial charge is 0.242 e. The van der Waals surface area contributed by atoms with Gasteiger partial charge in [0.15, 0.2) is 12.4 Å². The van der Waals surface area contributed by atoms with Crippen molar-refractivity contribution >= 4 is 11.8 Å². The van der Waals surface area contributed by atoms with Gasteiger partial charge in [-0.2, -0.15) is 0 Å². The van der Waals surface area contributed by atoms with Crippen LogP contribution >= 0.6 is 0 Å². The molecule has 0 saturated carbocycles. The second-order valence-electron chi connectivity index (χ2n) is 11.1. The largest absolute Gasteiger partial charge is 0.354 e. The molecule has 0 bridgehead atoms. The highest BCUT2D eigenvalue weighted by Gasteiger charge is 2.23. The van der Waals surface area contributed by atoms with Gasteiger partial charge in [0, 0.05) is 31.5 Å². The SMILES string of the molecule is CCCCCCCCCCCCCCCCNC(=O)[C@@H](NC(=O)CCCCC[n+]1ccccc1)C(C)C. The Labute approximate surface area is 228 Å². The zero-order valence-electron chi connectivity index (χ0n) is 24.4. The average molecular weight is 517 g/mol. The summed E-state index contributed by atoms with van der Waals surface area (Å²) in [6, 6.07) is 5.63. The van der Waals surface area contributed by atoms with E-state index < -0.39 is 6.04 Å². The third kappa shape index (κ3) is 18.9. The second-order valence-corrected chi connectivity index (χ2v) is 11.1. The van der Waals surface area contributed by atoms with Gasteiger partial charge < -0.3 is 10.6 Å². The second kappa shape index (κ2) is 23.2. The lowest BCUT2D eigenvalue weighted by molar-refractivity contribution is -0.697. The molecule has 1 heterocycles. The number of amides is 2. The van der Waals surface area contributed by atoms with E-state index in [2.05, 4.69) is 34.5 Å². The molecule has 0 fully saturated rings. The third-order valence-electron chi connectivity index (χ3n) is 7.19. The summed E-state index contributed by atoms with van der Waals surface area (Å²) in [6.07, 6.45) is 26.2. The summed E-state index contributed by atoms with van der Waals surface area (Å²) < 4.78 is 2.16. The van der Waals surface area contributed by atoms with Gasteiger partial charge in [-0.15, -0.1) is 0 Å². The molecule has 0 unspecified atom stereocenters. The first-order chi connectivity index (χ1) is 18.0. The van der Waals surface area contributed by atoms with Crippen molar-refractivity contribution in [3.8, 4) is 0 Å². The van der Waals surface area contributed by atoms with Crippen LogP contribution < -0.4 is 15.2 Å². The number of carbonyl (C=O) groups is 2. The molecule has 0 aromatic carbocycles. The van der Waals surface area contributed by atoms with E-state index in [9.17, 15) is 9.59 Å². The van der Waals surface area contributed by atoms with Crippen molar-refractivity contribution in [2.24, 2.45) is 5.92 Å². The van der Waals surface area contributed by atoms with Gasteiger partial charge in [0.1, 0.15) is 12.6 Å². The Balaban J connectivity index is 2.01. The molecule has 5 heteroatoms. The van der Waals surface area contributed by atoms with Gasteiger partial charge in [-0.3, -0.25) is 9.59 Å². The van der Waals surface area contributed by atoms with Crippen LogP contribution in [0.3, 0.4) is 0 Å². The van der Waals surface area contributed by atoms with E-state index in [0.717, 1.165) is 38.6 Å². The Bertz CT molecular complexity index is 678. The molecule has 1 atom stereocenters. The molecule has 0 aliphatic rings. The molecule has 1 rings (SSSR count). The minimum Gasteiger partial charge on any atom is -0.354 e. The van der Waals surface area contributed by atoms with Crippen LogP contribution in [0.1, 0.15) is 136 Å². The van der Waals surface area contributed by atoms with Crippen molar-refractivity contribution in [2.75, 3.05) is 6.54 Å². The molecule has 37 heavy (non-hydrogen) atoms. The Morgan fingerprint density at radius 2 is 1.19 bits per heavy atom. The van der Waals surface area contributed by atoms with Crippen LogP contribution in [0.15, 0.2) is 30.6 Å². The van der Waals surface area contributed by atoms with Crippen LogP contribution in [0.5, 0.6) is 0 Å². The maximum Gasteiger partial charge on any atom is 0.242 e. The molecule has 2 amide bonds. The standard InChI is InChI=1S/C32H57N3O2/c1-4-5-6-7-8-9-10-11-12-13-14-15-16-20-25-33-32(37)31(29(2)3)34-30(36)24-19-17-21-26-35-27-22-18-23-28-35/h18,22-23,27-29,31H,4-17,19-21,24-26H2,1-3H3,(H-,33,34,36,37)/p+1/t31-/m0/s1. The van der Waals surface area contributed by atoms with Gasteiger partial charge in [-0.1, -0.05) is 110 Å². The number of hydrogen-bond acceptors (Lipinski definition) is 2. The summed E-state index contributed by atoms with van der Waals surface area (Å²) in [5, 5.41) is 6.02. The Hall–Kier alpha value is -1.91. The van der Waals surface area contributed by atoms with Crippen LogP contribution in [0, 0.1) is 5.92 Å². The van der Waals surface area contributed by atoms with Crippen molar-refractivity contribution in [1.29, 1.82) is 0 Å². The first-order valence-corrected chi connectivity index (χ1v) is 15.6. The monoisotopic (exact) mass is 516 g/mol. The average Bonchev–Trinajstić information content (AvgIpc) is 2.89. The molecule has 1 aromatic rings. The summed E-state index contributed by atoms with van der Waals surface area (Å²) in [5.41, 5.74) is 0. The van der Waals surface area contributed by atoms with Crippen LogP contribution in [0.25, 0.3) is 0 Å². The number of hydrogen-bond donors (Lipinski definition) is 2. The molecule has 0 radical (unpaired) electrons. The topological polar surface area (TPSA) is 62.1 Å². The van der Waals surface area contributed by atoms with E-state index in [-0.39, 0.29) is 17.7 Å². The lowest BCUT2D eigenvalue weighted by atomic mass is 10.0. The lowest BCUT2D eigenvalue weighted by Crippen LogP contribution is -2.49.